The zero-order valence-electron chi connectivity index (χ0n) is 39.8. The molecule has 0 aliphatic carbocycles. The van der Waals surface area contributed by atoms with Gasteiger partial charge in [0, 0.05) is 67.4 Å². The number of nitrogens with zero attached hydrogens (tertiary/aromatic N) is 1. The highest BCUT2D eigenvalue weighted by Gasteiger charge is 2.33. The number of amides is 1. The molecule has 0 unspecified atom stereocenters. The number of rotatable bonds is 21. The molecular weight excluding hydrogens is 847 g/mol. The van der Waals surface area contributed by atoms with Gasteiger partial charge in [0.05, 0.1) is 12.7 Å². The summed E-state index contributed by atoms with van der Waals surface area (Å²) in [7, 11) is 4.69. The summed E-state index contributed by atoms with van der Waals surface area (Å²) < 4.78 is 23.2. The molecule has 0 bridgehead atoms. The lowest BCUT2D eigenvalue weighted by atomic mass is 9.97. The van der Waals surface area contributed by atoms with E-state index >= 15 is 0 Å². The number of carbonyl (C=O) groups excluding carboxylic acids is 4. The Morgan fingerprint density at radius 1 is 0.652 bits per heavy atom. The predicted molar refractivity (Wildman–Crippen MR) is 251 cm³/mol. The van der Waals surface area contributed by atoms with Gasteiger partial charge < -0.3 is 44.3 Å². The van der Waals surface area contributed by atoms with Crippen LogP contribution >= 0.6 is 0 Å². The number of aromatic carboxylic acids is 1. The molecule has 0 aromatic heterocycles. The highest BCUT2D eigenvalue weighted by molar-refractivity contribution is 6.11. The van der Waals surface area contributed by atoms with Crippen molar-refractivity contribution in [2.75, 3.05) is 21.2 Å². The quantitative estimate of drug-likeness (QED) is 0.0266. The van der Waals surface area contributed by atoms with Crippen LogP contribution in [0.5, 0.6) is 51.7 Å². The van der Waals surface area contributed by atoms with Crippen molar-refractivity contribution in [2.45, 2.75) is 131 Å². The van der Waals surface area contributed by atoms with Gasteiger partial charge >= 0.3 is 11.9 Å². The van der Waals surface area contributed by atoms with Crippen molar-refractivity contribution >= 4 is 29.4 Å². The Morgan fingerprint density at radius 2 is 1.24 bits per heavy atom. The molecule has 0 fully saturated rings. The SMILES string of the molecule is CCCCCc1c(C)c(O)cc(O)c1Oc1cc(OC)cc(C(=O)CCCC)c1C(=O)N(C)C.CCCCCc1c2c(cc(O)c1C(=O)O)OC(=O)c1c(cc(C)cc1C(=O)CCCC)O2. The number of Topliss-reactive ketones (excluding diaryl/α,β-unsaturated/α-hetero) is 2. The number of aryl methyl sites for hydroxylation is 1. The van der Waals surface area contributed by atoms with Gasteiger partial charge in [-0.2, -0.15) is 0 Å². The van der Waals surface area contributed by atoms with Crippen molar-refractivity contribution in [1.82, 2.24) is 4.90 Å². The number of esters is 1. The summed E-state index contributed by atoms with van der Waals surface area (Å²) in [5, 5.41) is 41.0. The van der Waals surface area contributed by atoms with E-state index < -0.39 is 17.7 Å². The smallest absolute Gasteiger partial charge is 0.348 e. The Morgan fingerprint density at radius 3 is 1.80 bits per heavy atom. The zero-order valence-corrected chi connectivity index (χ0v) is 39.8. The van der Waals surface area contributed by atoms with Gasteiger partial charge in [0.1, 0.15) is 39.9 Å². The number of ketones is 2. The summed E-state index contributed by atoms with van der Waals surface area (Å²) >= 11 is 0. The van der Waals surface area contributed by atoms with E-state index in [1.165, 1.54) is 18.1 Å². The number of ether oxygens (including phenoxy) is 4. The Labute approximate surface area is 387 Å². The molecule has 1 heterocycles. The maximum absolute atomic E-state index is 13.2. The fraction of sp³-hybridized carbons (Fsp3) is 0.442. The van der Waals surface area contributed by atoms with E-state index in [2.05, 4.69) is 6.92 Å². The van der Waals surface area contributed by atoms with Crippen molar-refractivity contribution in [3.8, 4) is 51.7 Å². The summed E-state index contributed by atoms with van der Waals surface area (Å²) in [6.45, 7) is 11.6. The van der Waals surface area contributed by atoms with Crippen molar-refractivity contribution in [2.24, 2.45) is 0 Å². The van der Waals surface area contributed by atoms with E-state index in [-0.39, 0.29) is 91.1 Å². The molecule has 1 amide bonds. The third-order valence-electron chi connectivity index (χ3n) is 11.3. The van der Waals surface area contributed by atoms with Gasteiger partial charge in [-0.3, -0.25) is 14.4 Å². The number of carboxylic acids is 1. The van der Waals surface area contributed by atoms with Crippen LogP contribution < -0.4 is 18.9 Å². The monoisotopic (exact) mass is 911 g/mol. The summed E-state index contributed by atoms with van der Waals surface area (Å²) in [5.41, 5.74) is 2.58. The highest BCUT2D eigenvalue weighted by atomic mass is 16.6. The van der Waals surface area contributed by atoms with E-state index in [1.807, 2.05) is 20.8 Å². The number of hydrogen-bond donors (Lipinski definition) is 4. The van der Waals surface area contributed by atoms with Crippen molar-refractivity contribution in [1.29, 1.82) is 0 Å². The molecule has 14 nitrogen and oxygen atoms in total. The van der Waals surface area contributed by atoms with Crippen molar-refractivity contribution < 1.29 is 63.3 Å². The molecule has 1 aliphatic rings. The maximum Gasteiger partial charge on any atom is 0.348 e. The van der Waals surface area contributed by atoms with Crippen LogP contribution in [0.2, 0.25) is 0 Å². The highest BCUT2D eigenvalue weighted by Crippen LogP contribution is 2.47. The Kier molecular flexibility index (Phi) is 19.0. The number of carboxylic acid groups (broad SMARTS) is 1. The molecule has 0 spiro atoms. The largest absolute Gasteiger partial charge is 0.508 e. The van der Waals surface area contributed by atoms with Gasteiger partial charge in [0.25, 0.3) is 5.91 Å². The van der Waals surface area contributed by atoms with Gasteiger partial charge in [-0.15, -0.1) is 0 Å². The minimum Gasteiger partial charge on any atom is -0.508 e. The lowest BCUT2D eigenvalue weighted by Crippen LogP contribution is -2.25. The molecule has 14 heteroatoms. The van der Waals surface area contributed by atoms with Gasteiger partial charge in [-0.05, 0) is 81.7 Å². The molecule has 356 valence electrons. The van der Waals surface area contributed by atoms with E-state index in [1.54, 1.807) is 52.2 Å². The first kappa shape index (κ1) is 52.1. The maximum atomic E-state index is 13.2. The van der Waals surface area contributed by atoms with Gasteiger partial charge in [0.2, 0.25) is 0 Å². The van der Waals surface area contributed by atoms with E-state index in [4.69, 9.17) is 18.9 Å². The average molecular weight is 912 g/mol. The summed E-state index contributed by atoms with van der Waals surface area (Å²) in [4.78, 5) is 65.4. The number of aromatic hydroxyl groups is 3. The van der Waals surface area contributed by atoms with Crippen LogP contribution in [0.25, 0.3) is 0 Å². The first-order valence-electron chi connectivity index (χ1n) is 22.8. The minimum absolute atomic E-state index is 0.0174. The number of fused-ring (bicyclic) bond motifs is 2. The molecular formula is C52H65NO13. The molecule has 0 saturated carbocycles. The summed E-state index contributed by atoms with van der Waals surface area (Å²) in [5.74, 6) is -2.76. The minimum atomic E-state index is -1.30. The second-order valence-electron chi connectivity index (χ2n) is 16.7. The fourth-order valence-corrected chi connectivity index (χ4v) is 7.68. The molecule has 0 atom stereocenters. The van der Waals surface area contributed by atoms with Crippen LogP contribution in [0, 0.1) is 13.8 Å². The molecule has 0 radical (unpaired) electrons. The lowest BCUT2D eigenvalue weighted by molar-refractivity contribution is 0.0690. The van der Waals surface area contributed by atoms with Crippen LogP contribution in [0.4, 0.5) is 0 Å². The first-order chi connectivity index (χ1) is 31.4. The van der Waals surface area contributed by atoms with Crippen molar-refractivity contribution in [3.05, 3.63) is 86.5 Å². The van der Waals surface area contributed by atoms with Crippen molar-refractivity contribution in [3.63, 3.8) is 0 Å². The lowest BCUT2D eigenvalue weighted by Gasteiger charge is -2.21. The number of benzene rings is 4. The normalized spacial score (nSPS) is 11.5. The van der Waals surface area contributed by atoms with Crippen LogP contribution in [0.15, 0.2) is 36.4 Å². The standard InChI is InChI=1S/C27H37NO6.C25H28O7/c1-7-9-11-12-19-17(3)22(30)16-23(31)26(19)34-24-15-18(33-6)14-20(21(29)13-10-8-2)25(24)27(32)28(4)5;1-4-6-8-9-15-21(24(28)29)18(27)13-20-23(15)31-19-12-14(3)11-16(17(26)10-7-5-2)22(19)25(30)32-20/h14-16,30-31H,7-13H2,1-6H3;11-13,27H,4-10H2,1-3H3,(H,28,29). The second-order valence-corrected chi connectivity index (χ2v) is 16.7. The Bertz CT molecular complexity index is 2430. The van der Waals surface area contributed by atoms with Crippen LogP contribution in [0.3, 0.4) is 0 Å². The van der Waals surface area contributed by atoms with Gasteiger partial charge in [-0.1, -0.05) is 66.2 Å². The number of hydrogen-bond acceptors (Lipinski definition) is 12. The van der Waals surface area contributed by atoms with Gasteiger partial charge in [-0.25, -0.2) is 9.59 Å². The molecule has 4 aromatic rings. The zero-order chi connectivity index (χ0) is 48.8. The van der Waals surface area contributed by atoms with Crippen LogP contribution in [-0.2, 0) is 12.8 Å². The second kappa shape index (κ2) is 24.1. The van der Waals surface area contributed by atoms with Crippen LogP contribution in [-0.4, -0.2) is 75.9 Å². The van der Waals surface area contributed by atoms with E-state index in [0.717, 1.165) is 56.6 Å². The van der Waals surface area contributed by atoms with E-state index in [0.29, 0.717) is 61.8 Å². The third kappa shape index (κ3) is 12.4. The Hall–Kier alpha value is -6.57. The number of phenols is 3. The average Bonchev–Trinajstić information content (AvgIpc) is 3.41. The molecule has 66 heavy (non-hydrogen) atoms. The molecule has 0 saturated heterocycles. The summed E-state index contributed by atoms with van der Waals surface area (Å²) in [6, 6.07) is 8.69. The third-order valence-corrected chi connectivity index (χ3v) is 11.3. The van der Waals surface area contributed by atoms with Crippen LogP contribution in [0.1, 0.15) is 179 Å². The number of methoxy groups -OCH3 is 1. The number of carbonyl (C=O) groups is 5. The number of unbranched alkanes of at least 4 members (excludes halogenated alkanes) is 6. The molecule has 4 aromatic carbocycles. The Balaban J connectivity index is 0.000000289. The van der Waals surface area contributed by atoms with Gasteiger partial charge in [0.15, 0.2) is 34.6 Å². The molecule has 5 rings (SSSR count). The molecule has 1 aliphatic heterocycles. The van der Waals surface area contributed by atoms with E-state index in [9.17, 15) is 44.4 Å². The molecule has 4 N–H and O–H groups in total. The number of phenolic OH excluding ortho intramolecular Hbond substituents is 2. The topological polar surface area (TPSA) is 206 Å². The summed E-state index contributed by atoms with van der Waals surface area (Å²) in [6.07, 6.45) is 9.85. The predicted octanol–water partition coefficient (Wildman–Crippen LogP) is 11.8. The first-order valence-corrected chi connectivity index (χ1v) is 22.8. The fourth-order valence-electron chi connectivity index (χ4n) is 7.68.